The second-order valence-electron chi connectivity index (χ2n) is 5.20. The maximum atomic E-state index is 12.7. The predicted octanol–water partition coefficient (Wildman–Crippen LogP) is 1.74. The van der Waals surface area contributed by atoms with E-state index in [1.54, 1.807) is 11.1 Å². The van der Waals surface area contributed by atoms with Crippen molar-refractivity contribution < 1.29 is 13.6 Å². The molecular formula is C14H15F2N5O. The Morgan fingerprint density at radius 1 is 1.36 bits per heavy atom. The number of hydrogen-bond donors (Lipinski definition) is 0. The molecule has 0 aromatic carbocycles. The zero-order valence-corrected chi connectivity index (χ0v) is 12.0. The summed E-state index contributed by atoms with van der Waals surface area (Å²) in [5, 5.41) is 4.20. The summed E-state index contributed by atoms with van der Waals surface area (Å²) in [5.74, 6) is -0.360. The number of alkyl halides is 2. The van der Waals surface area contributed by atoms with Gasteiger partial charge in [-0.2, -0.15) is 5.10 Å². The first kappa shape index (κ1) is 14.6. The number of fused-ring (bicyclic) bond motifs is 1. The second kappa shape index (κ2) is 5.78. The van der Waals surface area contributed by atoms with E-state index in [2.05, 4.69) is 15.1 Å². The minimum Gasteiger partial charge on any atom is -0.333 e. The van der Waals surface area contributed by atoms with Crippen LogP contribution in [0.15, 0.2) is 18.6 Å². The van der Waals surface area contributed by atoms with Crippen molar-refractivity contribution in [3.8, 4) is 0 Å². The van der Waals surface area contributed by atoms with Crippen molar-refractivity contribution in [2.24, 2.45) is 7.05 Å². The molecule has 0 saturated heterocycles. The van der Waals surface area contributed by atoms with Gasteiger partial charge in [0.05, 0.1) is 6.20 Å². The Hall–Kier alpha value is -2.38. The van der Waals surface area contributed by atoms with E-state index in [9.17, 15) is 13.6 Å². The summed E-state index contributed by atoms with van der Waals surface area (Å²) in [6.45, 7) is 0.970. The van der Waals surface area contributed by atoms with E-state index in [1.165, 1.54) is 0 Å². The van der Waals surface area contributed by atoms with Crippen molar-refractivity contribution in [2.45, 2.75) is 25.8 Å². The van der Waals surface area contributed by atoms with Crippen molar-refractivity contribution in [3.63, 3.8) is 0 Å². The number of amides is 1. The minimum absolute atomic E-state index is 0.00218. The van der Waals surface area contributed by atoms with Crippen LogP contribution in [0.1, 0.15) is 40.3 Å². The first-order chi connectivity index (χ1) is 10.6. The summed E-state index contributed by atoms with van der Waals surface area (Å²) >= 11 is 0. The molecule has 116 valence electrons. The average molecular weight is 307 g/mol. The molecule has 0 unspecified atom stereocenters. The SMILES string of the molecule is Cn1ncc2c1CCCN(C(=O)c1cc(C(F)F)ncn1)C2. The highest BCUT2D eigenvalue weighted by molar-refractivity contribution is 5.92. The van der Waals surface area contributed by atoms with Gasteiger partial charge in [0.1, 0.15) is 17.7 Å². The van der Waals surface area contributed by atoms with Crippen LogP contribution >= 0.6 is 0 Å². The molecule has 3 heterocycles. The quantitative estimate of drug-likeness (QED) is 0.847. The van der Waals surface area contributed by atoms with Gasteiger partial charge in [0, 0.05) is 31.4 Å². The van der Waals surface area contributed by atoms with Crippen LogP contribution in [0.5, 0.6) is 0 Å². The van der Waals surface area contributed by atoms with Crippen LogP contribution in [-0.4, -0.2) is 37.1 Å². The number of hydrogen-bond acceptors (Lipinski definition) is 4. The minimum atomic E-state index is -2.72. The Balaban J connectivity index is 1.84. The lowest BCUT2D eigenvalue weighted by Crippen LogP contribution is -2.31. The normalized spacial score (nSPS) is 14.8. The Labute approximate surface area is 125 Å². The summed E-state index contributed by atoms with van der Waals surface area (Å²) in [5.41, 5.74) is 1.65. The fourth-order valence-corrected chi connectivity index (χ4v) is 2.63. The van der Waals surface area contributed by atoms with Crippen LogP contribution in [0.4, 0.5) is 8.78 Å². The molecule has 3 rings (SSSR count). The largest absolute Gasteiger partial charge is 0.333 e. The third-order valence-corrected chi connectivity index (χ3v) is 3.77. The van der Waals surface area contributed by atoms with E-state index >= 15 is 0 Å². The number of aromatic nitrogens is 4. The topological polar surface area (TPSA) is 63.9 Å². The number of carbonyl (C=O) groups excluding carboxylic acids is 1. The molecule has 0 fully saturated rings. The van der Waals surface area contributed by atoms with Gasteiger partial charge in [-0.25, -0.2) is 18.7 Å². The Kier molecular flexibility index (Phi) is 3.82. The Bertz CT molecular complexity index is 700. The lowest BCUT2D eigenvalue weighted by atomic mass is 10.2. The number of nitrogens with zero attached hydrogens (tertiary/aromatic N) is 5. The molecule has 0 spiro atoms. The van der Waals surface area contributed by atoms with E-state index in [-0.39, 0.29) is 11.6 Å². The summed E-state index contributed by atoms with van der Waals surface area (Å²) in [6, 6.07) is 1.06. The molecule has 0 bridgehead atoms. The first-order valence-corrected chi connectivity index (χ1v) is 6.95. The number of rotatable bonds is 2. The zero-order chi connectivity index (χ0) is 15.7. The molecule has 8 heteroatoms. The number of aryl methyl sites for hydroxylation is 1. The zero-order valence-electron chi connectivity index (χ0n) is 12.0. The molecule has 2 aromatic rings. The first-order valence-electron chi connectivity index (χ1n) is 6.95. The summed E-state index contributed by atoms with van der Waals surface area (Å²) in [7, 11) is 1.87. The summed E-state index contributed by atoms with van der Waals surface area (Å²) in [4.78, 5) is 21.4. The van der Waals surface area contributed by atoms with E-state index in [4.69, 9.17) is 0 Å². The van der Waals surface area contributed by atoms with Crippen LogP contribution in [0.3, 0.4) is 0 Å². The van der Waals surface area contributed by atoms with Gasteiger partial charge in [0.25, 0.3) is 12.3 Å². The fourth-order valence-electron chi connectivity index (χ4n) is 2.63. The summed E-state index contributed by atoms with van der Waals surface area (Å²) < 4.78 is 27.2. The molecule has 6 nitrogen and oxygen atoms in total. The van der Waals surface area contributed by atoms with Crippen LogP contribution in [0.2, 0.25) is 0 Å². The molecule has 0 radical (unpaired) electrons. The molecule has 0 saturated carbocycles. The summed E-state index contributed by atoms with van der Waals surface area (Å²) in [6.07, 6.45) is 1.66. The standard InChI is InChI=1S/C14H15F2N5O/c1-20-12-3-2-4-21(7-9(12)6-19-20)14(22)11-5-10(13(15)16)17-8-18-11/h5-6,8,13H,2-4,7H2,1H3. The highest BCUT2D eigenvalue weighted by Gasteiger charge is 2.24. The van der Waals surface area contributed by atoms with Crippen molar-refractivity contribution in [3.05, 3.63) is 41.2 Å². The van der Waals surface area contributed by atoms with Gasteiger partial charge >= 0.3 is 0 Å². The van der Waals surface area contributed by atoms with E-state index in [0.29, 0.717) is 13.1 Å². The van der Waals surface area contributed by atoms with Crippen LogP contribution in [0, 0.1) is 0 Å². The van der Waals surface area contributed by atoms with Gasteiger partial charge in [0.2, 0.25) is 0 Å². The smallest absolute Gasteiger partial charge is 0.280 e. The van der Waals surface area contributed by atoms with E-state index in [0.717, 1.165) is 36.5 Å². The highest BCUT2D eigenvalue weighted by atomic mass is 19.3. The lowest BCUT2D eigenvalue weighted by molar-refractivity contribution is 0.0738. The number of halogens is 2. The van der Waals surface area contributed by atoms with Crippen molar-refractivity contribution >= 4 is 5.91 Å². The Morgan fingerprint density at radius 2 is 2.18 bits per heavy atom. The molecule has 1 amide bonds. The molecule has 2 aromatic heterocycles. The molecule has 1 aliphatic heterocycles. The van der Waals surface area contributed by atoms with Gasteiger partial charge in [-0.05, 0) is 18.9 Å². The van der Waals surface area contributed by atoms with Gasteiger partial charge in [0.15, 0.2) is 0 Å². The third-order valence-electron chi connectivity index (χ3n) is 3.77. The second-order valence-corrected chi connectivity index (χ2v) is 5.20. The molecule has 1 aliphatic rings. The predicted molar refractivity (Wildman–Crippen MR) is 73.3 cm³/mol. The van der Waals surface area contributed by atoms with Gasteiger partial charge in [-0.1, -0.05) is 0 Å². The molecule has 0 N–H and O–H groups in total. The van der Waals surface area contributed by atoms with E-state index < -0.39 is 12.1 Å². The molecule has 0 atom stereocenters. The molecular weight excluding hydrogens is 292 g/mol. The van der Waals surface area contributed by atoms with Crippen molar-refractivity contribution in [1.82, 2.24) is 24.6 Å². The van der Waals surface area contributed by atoms with Crippen LogP contribution in [-0.2, 0) is 20.0 Å². The van der Waals surface area contributed by atoms with Crippen molar-refractivity contribution in [2.75, 3.05) is 6.54 Å². The molecule has 0 aliphatic carbocycles. The average Bonchev–Trinajstić information content (AvgIpc) is 2.75. The fraction of sp³-hybridized carbons (Fsp3) is 0.429. The third kappa shape index (κ3) is 2.68. The van der Waals surface area contributed by atoms with Gasteiger partial charge < -0.3 is 4.90 Å². The van der Waals surface area contributed by atoms with Crippen LogP contribution in [0.25, 0.3) is 0 Å². The van der Waals surface area contributed by atoms with Gasteiger partial charge in [-0.15, -0.1) is 0 Å². The lowest BCUT2D eigenvalue weighted by Gasteiger charge is -2.19. The van der Waals surface area contributed by atoms with Crippen LogP contribution < -0.4 is 0 Å². The maximum Gasteiger partial charge on any atom is 0.280 e. The van der Waals surface area contributed by atoms with E-state index in [1.807, 2.05) is 11.7 Å². The number of carbonyl (C=O) groups is 1. The molecule has 22 heavy (non-hydrogen) atoms. The van der Waals surface area contributed by atoms with Gasteiger partial charge in [-0.3, -0.25) is 9.48 Å². The monoisotopic (exact) mass is 307 g/mol. The van der Waals surface area contributed by atoms with Crippen molar-refractivity contribution in [1.29, 1.82) is 0 Å². The maximum absolute atomic E-state index is 12.7. The highest BCUT2D eigenvalue weighted by Crippen LogP contribution is 2.20. The Morgan fingerprint density at radius 3 is 2.95 bits per heavy atom.